The number of nitrogens with one attached hydrogen (secondary N) is 1. The lowest BCUT2D eigenvalue weighted by Gasteiger charge is -2.29. The van der Waals surface area contributed by atoms with E-state index in [1.807, 2.05) is 0 Å². The minimum atomic E-state index is -1.10. The highest BCUT2D eigenvalue weighted by molar-refractivity contribution is 6.29. The fourth-order valence-corrected chi connectivity index (χ4v) is 2.66. The molecule has 1 aliphatic rings. The molecule has 1 unspecified atom stereocenters. The van der Waals surface area contributed by atoms with Crippen LogP contribution in [-0.4, -0.2) is 34.1 Å². The number of nitrogens with zero attached hydrogens (tertiary/aromatic N) is 2. The van der Waals surface area contributed by atoms with Crippen molar-refractivity contribution < 1.29 is 4.39 Å². The predicted molar refractivity (Wildman–Crippen MR) is 71.3 cm³/mol. The zero-order valence-electron chi connectivity index (χ0n) is 10.8. The summed E-state index contributed by atoms with van der Waals surface area (Å²) in [7, 11) is 0. The van der Waals surface area contributed by atoms with E-state index in [0.29, 0.717) is 6.54 Å². The first-order chi connectivity index (χ1) is 9.00. The van der Waals surface area contributed by atoms with Crippen LogP contribution in [0.3, 0.4) is 0 Å². The first-order valence-corrected chi connectivity index (χ1v) is 6.80. The molecular weight excluding hydrogens is 273 g/mol. The van der Waals surface area contributed by atoms with E-state index >= 15 is 0 Å². The molecule has 1 saturated heterocycles. The van der Waals surface area contributed by atoms with Gasteiger partial charge in [0.2, 0.25) is 5.82 Å². The van der Waals surface area contributed by atoms with E-state index in [-0.39, 0.29) is 6.04 Å². The molecule has 1 atom stereocenters. The molecule has 19 heavy (non-hydrogen) atoms. The van der Waals surface area contributed by atoms with Gasteiger partial charge in [0.25, 0.3) is 5.56 Å². The maximum absolute atomic E-state index is 13.5. The summed E-state index contributed by atoms with van der Waals surface area (Å²) in [6, 6.07) is -0.388. The van der Waals surface area contributed by atoms with Crippen molar-refractivity contribution in [3.63, 3.8) is 0 Å². The Bertz CT molecular complexity index is 563. The molecule has 5 nitrogen and oxygen atoms in total. The van der Waals surface area contributed by atoms with Gasteiger partial charge in [-0.2, -0.15) is 4.39 Å². The third-order valence-corrected chi connectivity index (χ3v) is 3.71. The third kappa shape index (κ3) is 3.06. The van der Waals surface area contributed by atoms with Gasteiger partial charge in [-0.25, -0.2) is 4.79 Å². The van der Waals surface area contributed by atoms with Gasteiger partial charge in [0.15, 0.2) is 5.15 Å². The van der Waals surface area contributed by atoms with Gasteiger partial charge in [0.05, 0.1) is 6.04 Å². The monoisotopic (exact) mass is 289 g/mol. The standard InChI is InChI=1S/C12H17ClFN3O2/c1-8(7-16-5-3-2-4-6-16)17-11(18)9(14)10(13)15-12(17)19/h8H,2-7H2,1H3,(H,15,19). The predicted octanol–water partition coefficient (Wildman–Crippen LogP) is 1.38. The lowest BCUT2D eigenvalue weighted by Crippen LogP contribution is -2.43. The van der Waals surface area contributed by atoms with Crippen molar-refractivity contribution in [1.29, 1.82) is 0 Å². The van der Waals surface area contributed by atoms with Crippen molar-refractivity contribution in [3.05, 3.63) is 31.8 Å². The summed E-state index contributed by atoms with van der Waals surface area (Å²) in [5, 5.41) is -0.531. The fourth-order valence-electron chi connectivity index (χ4n) is 2.50. The van der Waals surface area contributed by atoms with Crippen LogP contribution in [0.5, 0.6) is 0 Å². The molecule has 7 heteroatoms. The van der Waals surface area contributed by atoms with E-state index in [9.17, 15) is 14.0 Å². The van der Waals surface area contributed by atoms with Crippen molar-refractivity contribution in [1.82, 2.24) is 14.5 Å². The van der Waals surface area contributed by atoms with Crippen LogP contribution in [0.1, 0.15) is 32.2 Å². The molecule has 1 fully saturated rings. The molecule has 2 heterocycles. The van der Waals surface area contributed by atoms with Crippen molar-refractivity contribution in [2.75, 3.05) is 19.6 Å². The van der Waals surface area contributed by atoms with Gasteiger partial charge in [-0.15, -0.1) is 0 Å². The van der Waals surface area contributed by atoms with Gasteiger partial charge in [0, 0.05) is 6.54 Å². The normalized spacial score (nSPS) is 18.5. The molecular formula is C12H17ClFN3O2. The van der Waals surface area contributed by atoms with E-state index in [1.54, 1.807) is 6.92 Å². The summed E-state index contributed by atoms with van der Waals surface area (Å²) in [5.74, 6) is -1.10. The molecule has 1 aromatic heterocycles. The molecule has 0 aromatic carbocycles. The van der Waals surface area contributed by atoms with Crippen LogP contribution in [-0.2, 0) is 0 Å². The number of aromatic amines is 1. The van der Waals surface area contributed by atoms with E-state index in [1.165, 1.54) is 6.42 Å². The van der Waals surface area contributed by atoms with E-state index < -0.39 is 22.2 Å². The second-order valence-electron chi connectivity index (χ2n) is 4.94. The van der Waals surface area contributed by atoms with Crippen LogP contribution >= 0.6 is 11.6 Å². The molecule has 0 spiro atoms. The van der Waals surface area contributed by atoms with Gasteiger partial charge < -0.3 is 4.90 Å². The lowest BCUT2D eigenvalue weighted by atomic mass is 10.1. The van der Waals surface area contributed by atoms with Crippen LogP contribution in [0.15, 0.2) is 9.59 Å². The minimum absolute atomic E-state index is 0.388. The van der Waals surface area contributed by atoms with Gasteiger partial charge in [-0.05, 0) is 32.9 Å². The number of piperidine rings is 1. The summed E-state index contributed by atoms with van der Waals surface area (Å²) in [4.78, 5) is 27.8. The molecule has 1 aromatic rings. The van der Waals surface area contributed by atoms with Crippen LogP contribution in [0.2, 0.25) is 5.15 Å². The number of halogens is 2. The van der Waals surface area contributed by atoms with Crippen LogP contribution in [0, 0.1) is 5.82 Å². The molecule has 1 aliphatic heterocycles. The second-order valence-corrected chi connectivity index (χ2v) is 5.32. The molecule has 0 aliphatic carbocycles. The minimum Gasteiger partial charge on any atom is -0.301 e. The topological polar surface area (TPSA) is 58.1 Å². The Labute approximate surface area is 115 Å². The Morgan fingerprint density at radius 1 is 1.32 bits per heavy atom. The first kappa shape index (κ1) is 14.3. The quantitative estimate of drug-likeness (QED) is 0.855. The summed E-state index contributed by atoms with van der Waals surface area (Å²) < 4.78 is 14.4. The molecule has 0 amide bonds. The van der Waals surface area contributed by atoms with Crippen molar-refractivity contribution in [2.24, 2.45) is 0 Å². The van der Waals surface area contributed by atoms with Gasteiger partial charge in [0.1, 0.15) is 0 Å². The average Bonchev–Trinajstić information content (AvgIpc) is 2.37. The fraction of sp³-hybridized carbons (Fsp3) is 0.667. The van der Waals surface area contributed by atoms with E-state index in [2.05, 4.69) is 9.88 Å². The number of hydrogen-bond donors (Lipinski definition) is 1. The van der Waals surface area contributed by atoms with Crippen molar-refractivity contribution in [3.8, 4) is 0 Å². The Morgan fingerprint density at radius 2 is 1.95 bits per heavy atom. The third-order valence-electron chi connectivity index (χ3n) is 3.45. The first-order valence-electron chi connectivity index (χ1n) is 6.43. The zero-order chi connectivity index (χ0) is 14.0. The highest BCUT2D eigenvalue weighted by Gasteiger charge is 2.20. The van der Waals surface area contributed by atoms with Crippen LogP contribution in [0.25, 0.3) is 0 Å². The van der Waals surface area contributed by atoms with Gasteiger partial charge in [-0.1, -0.05) is 18.0 Å². The summed E-state index contributed by atoms with van der Waals surface area (Å²) in [5.41, 5.74) is -1.63. The maximum Gasteiger partial charge on any atom is 0.329 e. The Hall–Kier alpha value is -1.14. The SMILES string of the molecule is CC(CN1CCCCC1)n1c(=O)[nH]c(Cl)c(F)c1=O. The van der Waals surface area contributed by atoms with Crippen LogP contribution in [0.4, 0.5) is 4.39 Å². The Kier molecular flexibility index (Phi) is 4.42. The molecule has 106 valence electrons. The smallest absolute Gasteiger partial charge is 0.301 e. The summed E-state index contributed by atoms with van der Waals surface area (Å²) in [6.45, 7) is 4.20. The molecule has 0 radical (unpaired) electrons. The van der Waals surface area contributed by atoms with E-state index in [0.717, 1.165) is 30.5 Å². The molecule has 0 saturated carbocycles. The van der Waals surface area contributed by atoms with E-state index in [4.69, 9.17) is 11.6 Å². The maximum atomic E-state index is 13.5. The number of likely N-dealkylation sites (tertiary alicyclic amines) is 1. The highest BCUT2D eigenvalue weighted by atomic mass is 35.5. The lowest BCUT2D eigenvalue weighted by molar-refractivity contribution is 0.198. The molecule has 0 bridgehead atoms. The highest BCUT2D eigenvalue weighted by Crippen LogP contribution is 2.12. The van der Waals surface area contributed by atoms with Crippen molar-refractivity contribution in [2.45, 2.75) is 32.2 Å². The summed E-state index contributed by atoms with van der Waals surface area (Å²) in [6.07, 6.45) is 3.45. The Balaban J connectivity index is 2.23. The zero-order valence-corrected chi connectivity index (χ0v) is 11.5. The second kappa shape index (κ2) is 5.88. The average molecular weight is 290 g/mol. The van der Waals surface area contributed by atoms with Crippen LogP contribution < -0.4 is 11.2 Å². The number of rotatable bonds is 3. The van der Waals surface area contributed by atoms with Gasteiger partial charge >= 0.3 is 5.69 Å². The number of H-pyrrole nitrogens is 1. The molecule has 2 rings (SSSR count). The van der Waals surface area contributed by atoms with Gasteiger partial charge in [-0.3, -0.25) is 14.3 Å². The Morgan fingerprint density at radius 3 is 2.58 bits per heavy atom. The largest absolute Gasteiger partial charge is 0.329 e. The van der Waals surface area contributed by atoms with Crippen molar-refractivity contribution >= 4 is 11.6 Å². The number of hydrogen-bond acceptors (Lipinski definition) is 3. The summed E-state index contributed by atoms with van der Waals surface area (Å²) >= 11 is 5.43. The molecule has 1 N–H and O–H groups in total. The number of aromatic nitrogens is 2.